The maximum atomic E-state index is 2.42. The molecule has 0 aliphatic heterocycles. The molecular formula is C24H23N. The number of fused-ring (bicyclic) bond motifs is 3. The molecule has 0 spiro atoms. The second kappa shape index (κ2) is 6.98. The Hall–Kier alpha value is -2.80. The molecule has 0 saturated carbocycles. The van der Waals surface area contributed by atoms with Crippen LogP contribution in [0.4, 0.5) is 0 Å². The van der Waals surface area contributed by atoms with Crippen molar-refractivity contribution in [1.29, 1.82) is 0 Å². The summed E-state index contributed by atoms with van der Waals surface area (Å²) >= 11 is 0. The highest BCUT2D eigenvalue weighted by Crippen LogP contribution is 2.29. The zero-order chi connectivity index (χ0) is 17.1. The fraction of sp³-hybridized carbons (Fsp3) is 0.167. The van der Waals surface area contributed by atoms with Crippen molar-refractivity contribution in [2.45, 2.75) is 25.8 Å². The summed E-state index contributed by atoms with van der Waals surface area (Å²) in [6, 6.07) is 28.1. The van der Waals surface area contributed by atoms with Gasteiger partial charge in [-0.2, -0.15) is 0 Å². The molecule has 4 rings (SSSR count). The molecule has 0 fully saturated rings. The van der Waals surface area contributed by atoms with Crippen LogP contribution in [-0.2, 0) is 6.54 Å². The number of nitrogens with zero attached hydrogens (tertiary/aromatic N) is 1. The van der Waals surface area contributed by atoms with Gasteiger partial charge in [-0.15, -0.1) is 0 Å². The predicted molar refractivity (Wildman–Crippen MR) is 108 cm³/mol. The Morgan fingerprint density at radius 3 is 1.92 bits per heavy atom. The minimum absolute atomic E-state index is 0.481. The van der Waals surface area contributed by atoms with Gasteiger partial charge in [0.15, 0.2) is 0 Å². The van der Waals surface area contributed by atoms with E-state index in [4.69, 9.17) is 0 Å². The Bertz CT molecular complexity index is 955. The van der Waals surface area contributed by atoms with E-state index in [9.17, 15) is 0 Å². The zero-order valence-electron chi connectivity index (χ0n) is 14.6. The zero-order valence-corrected chi connectivity index (χ0v) is 14.6. The van der Waals surface area contributed by atoms with Crippen LogP contribution in [0.3, 0.4) is 0 Å². The molecule has 1 nitrogen and oxygen atoms in total. The van der Waals surface area contributed by atoms with E-state index in [0.717, 1.165) is 13.0 Å². The van der Waals surface area contributed by atoms with Crippen LogP contribution >= 0.6 is 0 Å². The molecule has 0 saturated heterocycles. The van der Waals surface area contributed by atoms with Crippen molar-refractivity contribution >= 4 is 21.8 Å². The van der Waals surface area contributed by atoms with E-state index in [0.29, 0.717) is 5.92 Å². The Morgan fingerprint density at radius 2 is 1.32 bits per heavy atom. The summed E-state index contributed by atoms with van der Waals surface area (Å²) in [6.45, 7) is 3.15. The molecule has 1 atom stereocenters. The minimum atomic E-state index is 0.481. The van der Waals surface area contributed by atoms with Gasteiger partial charge >= 0.3 is 0 Å². The maximum Gasteiger partial charge on any atom is 0.0494 e. The number of benzene rings is 3. The van der Waals surface area contributed by atoms with Gasteiger partial charge in [0.2, 0.25) is 0 Å². The van der Waals surface area contributed by atoms with Crippen LogP contribution in [0.25, 0.3) is 21.8 Å². The van der Waals surface area contributed by atoms with Gasteiger partial charge < -0.3 is 4.57 Å². The molecule has 0 radical (unpaired) electrons. The number of hydrogen-bond acceptors (Lipinski definition) is 0. The first-order chi connectivity index (χ1) is 12.4. The monoisotopic (exact) mass is 325 g/mol. The fourth-order valence-electron chi connectivity index (χ4n) is 3.71. The molecule has 0 amide bonds. The Balaban J connectivity index is 1.68. The molecule has 0 N–H and O–H groups in total. The van der Waals surface area contributed by atoms with Gasteiger partial charge in [-0.3, -0.25) is 0 Å². The van der Waals surface area contributed by atoms with Gasteiger partial charge in [0, 0.05) is 34.3 Å². The predicted octanol–water partition coefficient (Wildman–Crippen LogP) is 6.54. The summed E-state index contributed by atoms with van der Waals surface area (Å²) in [7, 11) is 0. The Kier molecular flexibility index (Phi) is 4.39. The van der Waals surface area contributed by atoms with Crippen LogP contribution < -0.4 is 0 Å². The number of allylic oxidation sites excluding steroid dienone is 2. The highest BCUT2D eigenvalue weighted by molar-refractivity contribution is 6.07. The van der Waals surface area contributed by atoms with E-state index in [1.54, 1.807) is 0 Å². The van der Waals surface area contributed by atoms with Crippen LogP contribution in [0, 0.1) is 0 Å². The first-order valence-corrected chi connectivity index (χ1v) is 9.06. The van der Waals surface area contributed by atoms with E-state index in [2.05, 4.69) is 103 Å². The average Bonchev–Trinajstić information content (AvgIpc) is 3.00. The Labute approximate surface area is 149 Å². The van der Waals surface area contributed by atoms with Crippen LogP contribution in [0.1, 0.15) is 24.8 Å². The first-order valence-electron chi connectivity index (χ1n) is 9.06. The number of hydrogen-bond donors (Lipinski definition) is 0. The van der Waals surface area contributed by atoms with Crippen molar-refractivity contribution in [3.8, 4) is 0 Å². The van der Waals surface area contributed by atoms with Crippen LogP contribution in [0.5, 0.6) is 0 Å². The van der Waals surface area contributed by atoms with E-state index >= 15 is 0 Å². The molecule has 1 heteroatoms. The first kappa shape index (κ1) is 15.7. The van der Waals surface area contributed by atoms with Crippen LogP contribution in [0.15, 0.2) is 91.0 Å². The van der Waals surface area contributed by atoms with Gasteiger partial charge in [0.05, 0.1) is 0 Å². The summed E-state index contributed by atoms with van der Waals surface area (Å²) in [4.78, 5) is 0. The smallest absolute Gasteiger partial charge is 0.0494 e. The normalized spacial score (nSPS) is 13.0. The van der Waals surface area contributed by atoms with Crippen molar-refractivity contribution in [3.63, 3.8) is 0 Å². The quantitative estimate of drug-likeness (QED) is 0.367. The molecule has 0 aliphatic carbocycles. The molecule has 3 aromatic carbocycles. The van der Waals surface area contributed by atoms with Crippen molar-refractivity contribution in [2.24, 2.45) is 0 Å². The van der Waals surface area contributed by atoms with Gasteiger partial charge in [-0.05, 0) is 24.1 Å². The molecule has 25 heavy (non-hydrogen) atoms. The van der Waals surface area contributed by atoms with Crippen molar-refractivity contribution < 1.29 is 0 Å². The summed E-state index contributed by atoms with van der Waals surface area (Å²) in [5, 5.41) is 2.67. The topological polar surface area (TPSA) is 4.93 Å². The molecule has 1 aromatic heterocycles. The van der Waals surface area contributed by atoms with Gasteiger partial charge in [-0.1, -0.05) is 85.8 Å². The maximum absolute atomic E-state index is 2.42. The molecule has 0 unspecified atom stereocenters. The summed E-state index contributed by atoms with van der Waals surface area (Å²) in [5.41, 5.74) is 4.01. The molecule has 0 aliphatic rings. The third-order valence-electron chi connectivity index (χ3n) is 5.00. The molecule has 0 bridgehead atoms. The SMILES string of the molecule is CC[C@@H](/C=C\Cn1c2ccccc2c2ccccc21)c1ccccc1. The van der Waals surface area contributed by atoms with Gasteiger partial charge in [0.1, 0.15) is 0 Å². The average molecular weight is 325 g/mol. The summed E-state index contributed by atoms with van der Waals surface area (Å²) in [5.74, 6) is 0.481. The highest BCUT2D eigenvalue weighted by atomic mass is 15.0. The largest absolute Gasteiger partial charge is 0.337 e. The van der Waals surface area contributed by atoms with Gasteiger partial charge in [0.25, 0.3) is 0 Å². The number of aromatic nitrogens is 1. The van der Waals surface area contributed by atoms with Crippen molar-refractivity contribution in [3.05, 3.63) is 96.6 Å². The van der Waals surface area contributed by atoms with E-state index < -0.39 is 0 Å². The highest BCUT2D eigenvalue weighted by Gasteiger charge is 2.09. The summed E-state index contributed by atoms with van der Waals surface area (Å²) in [6.07, 6.45) is 5.80. The molecule has 124 valence electrons. The second-order valence-corrected chi connectivity index (χ2v) is 6.50. The Morgan fingerprint density at radius 1 is 0.760 bits per heavy atom. The van der Waals surface area contributed by atoms with Crippen molar-refractivity contribution in [1.82, 2.24) is 4.57 Å². The molecular weight excluding hydrogens is 302 g/mol. The second-order valence-electron chi connectivity index (χ2n) is 6.50. The lowest BCUT2D eigenvalue weighted by Crippen LogP contribution is -1.97. The van der Waals surface area contributed by atoms with Crippen LogP contribution in [0.2, 0.25) is 0 Å². The lowest BCUT2D eigenvalue weighted by atomic mass is 9.96. The fourth-order valence-corrected chi connectivity index (χ4v) is 3.71. The summed E-state index contributed by atoms with van der Waals surface area (Å²) < 4.78 is 2.42. The molecule has 1 heterocycles. The van der Waals surface area contributed by atoms with E-state index in [1.165, 1.54) is 27.4 Å². The van der Waals surface area contributed by atoms with E-state index in [-0.39, 0.29) is 0 Å². The van der Waals surface area contributed by atoms with Gasteiger partial charge in [-0.25, -0.2) is 0 Å². The molecule has 4 aromatic rings. The van der Waals surface area contributed by atoms with Crippen LogP contribution in [-0.4, -0.2) is 4.57 Å². The third-order valence-corrected chi connectivity index (χ3v) is 5.00. The lowest BCUT2D eigenvalue weighted by Gasteiger charge is -2.11. The lowest BCUT2D eigenvalue weighted by molar-refractivity contribution is 0.793. The third kappa shape index (κ3) is 2.98. The van der Waals surface area contributed by atoms with Crippen molar-refractivity contribution in [2.75, 3.05) is 0 Å². The minimum Gasteiger partial charge on any atom is -0.337 e. The van der Waals surface area contributed by atoms with E-state index in [1.807, 2.05) is 0 Å². The number of para-hydroxylation sites is 2. The number of rotatable bonds is 5. The standard InChI is InChI=1S/C24H23N/c1-2-19(20-11-4-3-5-12-20)13-10-18-25-23-16-8-6-14-21(23)22-15-7-9-17-24(22)25/h3-17,19H,2,18H2,1H3/b13-10-/t19-/m0/s1.